The predicted molar refractivity (Wildman–Crippen MR) is 104 cm³/mol. The van der Waals surface area contributed by atoms with Crippen molar-refractivity contribution in [2.75, 3.05) is 0 Å². The van der Waals surface area contributed by atoms with E-state index >= 15 is 0 Å². The van der Waals surface area contributed by atoms with E-state index in [4.69, 9.17) is 0 Å². The van der Waals surface area contributed by atoms with Crippen LogP contribution >= 0.6 is 11.8 Å². The molecule has 0 aromatic heterocycles. The van der Waals surface area contributed by atoms with E-state index in [1.165, 1.54) is 21.9 Å². The Bertz CT molecular complexity index is 920. The summed E-state index contributed by atoms with van der Waals surface area (Å²) in [6, 6.07) is 26.0. The van der Waals surface area contributed by atoms with Crippen LogP contribution in [-0.2, 0) is 10.1 Å². The number of hydrogen-bond acceptors (Lipinski definition) is 4. The number of rotatable bonds is 4. The van der Waals surface area contributed by atoms with Crippen molar-refractivity contribution in [1.82, 2.24) is 0 Å². The average Bonchev–Trinajstić information content (AvgIpc) is 2.65. The molecule has 3 rings (SSSR count). The molecule has 0 atom stereocenters. The topological polar surface area (TPSA) is 43.4 Å². The van der Waals surface area contributed by atoms with Crippen LogP contribution < -0.4 is 4.18 Å². The molecule has 0 fully saturated rings. The molecule has 8 heteroatoms. The zero-order valence-electron chi connectivity index (χ0n) is 14.8. The number of benzene rings is 3. The van der Waals surface area contributed by atoms with Crippen molar-refractivity contribution in [3.63, 3.8) is 0 Å². The van der Waals surface area contributed by atoms with E-state index in [1.807, 2.05) is 12.1 Å². The lowest BCUT2D eigenvalue weighted by Crippen LogP contribution is -2.28. The van der Waals surface area contributed by atoms with Crippen molar-refractivity contribution in [2.24, 2.45) is 0 Å². The maximum absolute atomic E-state index is 11.9. The second-order valence-electron chi connectivity index (χ2n) is 5.52. The van der Waals surface area contributed by atoms with Gasteiger partial charge < -0.3 is 4.18 Å². The SMILES string of the molecule is Cc1ccc(OS(=O)(=O)C(F)(F)F)cc1.c1ccc(Sc2ccccc2)cc1. The van der Waals surface area contributed by atoms with Crippen LogP contribution in [0.15, 0.2) is 94.7 Å². The molecule has 0 aliphatic carbocycles. The number of aryl methyl sites for hydroxylation is 1. The molecule has 0 aliphatic rings. The first-order valence-corrected chi connectivity index (χ1v) is 10.3. The fourth-order valence-electron chi connectivity index (χ4n) is 1.88. The molecule has 0 unspecified atom stereocenters. The van der Waals surface area contributed by atoms with Gasteiger partial charge in [0.05, 0.1) is 0 Å². The van der Waals surface area contributed by atoms with Gasteiger partial charge in [0.1, 0.15) is 5.75 Å². The Labute approximate surface area is 166 Å². The summed E-state index contributed by atoms with van der Waals surface area (Å²) in [6.45, 7) is 1.71. The van der Waals surface area contributed by atoms with Crippen LogP contribution in [0.5, 0.6) is 5.75 Å². The van der Waals surface area contributed by atoms with Crippen molar-refractivity contribution in [2.45, 2.75) is 22.2 Å². The number of alkyl halides is 3. The molecule has 0 aliphatic heterocycles. The molecule has 0 saturated carbocycles. The summed E-state index contributed by atoms with van der Waals surface area (Å²) >= 11 is 1.79. The molecular weight excluding hydrogens is 409 g/mol. The van der Waals surface area contributed by atoms with Gasteiger partial charge in [-0.15, -0.1) is 0 Å². The molecule has 28 heavy (non-hydrogen) atoms. The first kappa shape index (κ1) is 21.8. The Morgan fingerprint density at radius 3 is 1.57 bits per heavy atom. The Hall–Kier alpha value is -2.45. The monoisotopic (exact) mass is 426 g/mol. The Balaban J connectivity index is 0.000000202. The van der Waals surface area contributed by atoms with Crippen molar-refractivity contribution >= 4 is 21.9 Å². The summed E-state index contributed by atoms with van der Waals surface area (Å²) < 4.78 is 60.6. The molecular formula is C20H17F3O3S2. The Morgan fingerprint density at radius 2 is 1.18 bits per heavy atom. The van der Waals surface area contributed by atoms with E-state index < -0.39 is 15.6 Å². The summed E-state index contributed by atoms with van der Waals surface area (Å²) in [4.78, 5) is 2.57. The van der Waals surface area contributed by atoms with Gasteiger partial charge in [-0.1, -0.05) is 65.9 Å². The van der Waals surface area contributed by atoms with Crippen LogP contribution in [-0.4, -0.2) is 13.9 Å². The highest BCUT2D eigenvalue weighted by atomic mass is 32.2. The molecule has 0 spiro atoms. The second kappa shape index (κ2) is 9.66. The van der Waals surface area contributed by atoms with E-state index in [9.17, 15) is 21.6 Å². The molecule has 3 aromatic carbocycles. The van der Waals surface area contributed by atoms with Crippen molar-refractivity contribution < 1.29 is 25.8 Å². The highest BCUT2D eigenvalue weighted by Crippen LogP contribution is 2.27. The van der Waals surface area contributed by atoms with Crippen molar-refractivity contribution in [3.05, 3.63) is 90.5 Å². The van der Waals surface area contributed by atoms with E-state index in [-0.39, 0.29) is 5.75 Å². The fourth-order valence-corrected chi connectivity index (χ4v) is 3.20. The normalized spacial score (nSPS) is 11.3. The van der Waals surface area contributed by atoms with Gasteiger partial charge in [0.2, 0.25) is 0 Å². The van der Waals surface area contributed by atoms with E-state index in [1.54, 1.807) is 18.7 Å². The number of hydrogen-bond donors (Lipinski definition) is 0. The quantitative estimate of drug-likeness (QED) is 0.376. The predicted octanol–water partition coefficient (Wildman–Crippen LogP) is 6.06. The van der Waals surface area contributed by atoms with Crippen molar-refractivity contribution in [3.8, 4) is 5.75 Å². The summed E-state index contributed by atoms with van der Waals surface area (Å²) in [5, 5.41) is 0. The van der Waals surface area contributed by atoms with Crippen LogP contribution in [0.25, 0.3) is 0 Å². The molecule has 0 N–H and O–H groups in total. The zero-order valence-corrected chi connectivity index (χ0v) is 16.4. The van der Waals surface area contributed by atoms with Gasteiger partial charge in [0.25, 0.3) is 0 Å². The van der Waals surface area contributed by atoms with Gasteiger partial charge in [-0.3, -0.25) is 0 Å². The lowest BCUT2D eigenvalue weighted by molar-refractivity contribution is -0.0500. The van der Waals surface area contributed by atoms with Gasteiger partial charge >= 0.3 is 15.6 Å². The molecule has 0 heterocycles. The fraction of sp³-hybridized carbons (Fsp3) is 0.100. The van der Waals surface area contributed by atoms with Crippen LogP contribution in [0.2, 0.25) is 0 Å². The van der Waals surface area contributed by atoms with Gasteiger partial charge in [-0.25, -0.2) is 0 Å². The van der Waals surface area contributed by atoms with Crippen LogP contribution in [0.1, 0.15) is 5.56 Å². The smallest absolute Gasteiger partial charge is 0.376 e. The summed E-state index contributed by atoms with van der Waals surface area (Å²) in [5.41, 5.74) is -4.62. The van der Waals surface area contributed by atoms with Gasteiger partial charge in [-0.2, -0.15) is 21.6 Å². The molecule has 0 bridgehead atoms. The third-order valence-electron chi connectivity index (χ3n) is 3.23. The van der Waals surface area contributed by atoms with Crippen molar-refractivity contribution in [1.29, 1.82) is 0 Å². The molecule has 3 aromatic rings. The molecule has 148 valence electrons. The van der Waals surface area contributed by atoms with Gasteiger partial charge in [-0.05, 0) is 43.3 Å². The average molecular weight is 426 g/mol. The highest BCUT2D eigenvalue weighted by molar-refractivity contribution is 7.99. The van der Waals surface area contributed by atoms with E-state index in [2.05, 4.69) is 52.7 Å². The van der Waals surface area contributed by atoms with E-state index in [0.29, 0.717) is 0 Å². The summed E-state index contributed by atoms with van der Waals surface area (Å²) in [5.74, 6) is -0.363. The molecule has 0 radical (unpaired) electrons. The minimum absolute atomic E-state index is 0.363. The lowest BCUT2D eigenvalue weighted by Gasteiger charge is -2.09. The Morgan fingerprint density at radius 1 is 0.750 bits per heavy atom. The largest absolute Gasteiger partial charge is 0.534 e. The molecule has 0 amide bonds. The van der Waals surface area contributed by atoms with Crippen LogP contribution in [0, 0.1) is 6.92 Å². The Kier molecular flexibility index (Phi) is 7.53. The second-order valence-corrected chi connectivity index (χ2v) is 8.21. The van der Waals surface area contributed by atoms with Gasteiger partial charge in [0, 0.05) is 9.79 Å². The van der Waals surface area contributed by atoms with Gasteiger partial charge in [0.15, 0.2) is 0 Å². The molecule has 0 saturated heterocycles. The van der Waals surface area contributed by atoms with E-state index in [0.717, 1.165) is 17.7 Å². The summed E-state index contributed by atoms with van der Waals surface area (Å²) in [7, 11) is -5.56. The summed E-state index contributed by atoms with van der Waals surface area (Å²) in [6.07, 6.45) is 0. The lowest BCUT2D eigenvalue weighted by atomic mass is 10.2. The first-order valence-electron chi connectivity index (χ1n) is 8.03. The third kappa shape index (κ3) is 6.94. The maximum Gasteiger partial charge on any atom is 0.534 e. The van der Waals surface area contributed by atoms with Crippen LogP contribution in [0.4, 0.5) is 13.2 Å². The maximum atomic E-state index is 11.9. The zero-order chi connectivity index (χ0) is 20.6. The third-order valence-corrected chi connectivity index (χ3v) is 5.23. The minimum atomic E-state index is -5.56. The molecule has 3 nitrogen and oxygen atoms in total. The highest BCUT2D eigenvalue weighted by Gasteiger charge is 2.48. The minimum Gasteiger partial charge on any atom is -0.376 e. The number of halogens is 3. The van der Waals surface area contributed by atoms with Crippen LogP contribution in [0.3, 0.4) is 0 Å². The standard InChI is InChI=1S/C12H10S.C8H7F3O3S/c1-3-7-11(8-4-1)13-12-9-5-2-6-10-12;1-6-2-4-7(5-3-6)14-15(12,13)8(9,10)11/h1-10H;2-5H,1H3. The first-order chi connectivity index (χ1) is 13.2.